The second-order valence-corrected chi connectivity index (χ2v) is 9.34. The number of hydrogen-bond acceptors (Lipinski definition) is 4. The molecule has 0 radical (unpaired) electrons. The molecule has 0 amide bonds. The Morgan fingerprint density at radius 2 is 1.80 bits per heavy atom. The van der Waals surface area contributed by atoms with Gasteiger partial charge in [-0.05, 0) is 79.3 Å². The van der Waals surface area contributed by atoms with Crippen molar-refractivity contribution in [3.05, 3.63) is 98.8 Å². The molecule has 1 aromatic heterocycles. The van der Waals surface area contributed by atoms with E-state index >= 15 is 0 Å². The van der Waals surface area contributed by atoms with Crippen LogP contribution in [0.1, 0.15) is 27.8 Å². The molecular weight excluding hydrogens is 458 g/mol. The number of nitrogens with zero attached hydrogens (tertiary/aromatic N) is 1. The lowest BCUT2D eigenvalue weighted by Crippen LogP contribution is -2.35. The number of aryl methyl sites for hydroxylation is 3. The molecule has 178 valence electrons. The van der Waals surface area contributed by atoms with Crippen LogP contribution in [0.25, 0.3) is 10.9 Å². The fraction of sp³-hybridized carbons (Fsp3) is 0.214. The van der Waals surface area contributed by atoms with Crippen LogP contribution in [0.4, 0.5) is 5.69 Å². The number of nitrogens with one attached hydrogen (secondary N) is 2. The maximum absolute atomic E-state index is 13.0. The molecule has 0 spiro atoms. The van der Waals surface area contributed by atoms with E-state index < -0.39 is 0 Å². The quantitative estimate of drug-likeness (QED) is 0.360. The zero-order chi connectivity index (χ0) is 24.5. The summed E-state index contributed by atoms with van der Waals surface area (Å²) in [6.45, 7) is 7.18. The SMILES string of the molecule is Cc1ccc(NC(=S)N(Cc2ccc3c(c2)OCO3)Cc2cc3cccc(C)c3[nH]c2=O)c(C)c1. The number of anilines is 1. The predicted octanol–water partition coefficient (Wildman–Crippen LogP) is 5.58. The Bertz CT molecular complexity index is 1500. The Morgan fingerprint density at radius 1 is 0.971 bits per heavy atom. The Morgan fingerprint density at radius 3 is 2.63 bits per heavy atom. The molecule has 0 saturated carbocycles. The first-order valence-corrected chi connectivity index (χ1v) is 11.9. The first-order valence-electron chi connectivity index (χ1n) is 11.5. The van der Waals surface area contributed by atoms with Gasteiger partial charge in [-0.15, -0.1) is 0 Å². The Hall–Kier alpha value is -3.84. The lowest BCUT2D eigenvalue weighted by atomic mass is 10.1. The van der Waals surface area contributed by atoms with Crippen molar-refractivity contribution in [1.29, 1.82) is 0 Å². The molecule has 0 aliphatic carbocycles. The number of pyridine rings is 1. The van der Waals surface area contributed by atoms with Crippen LogP contribution in [0.2, 0.25) is 0 Å². The lowest BCUT2D eigenvalue weighted by molar-refractivity contribution is 0.174. The van der Waals surface area contributed by atoms with Gasteiger partial charge in [0.25, 0.3) is 5.56 Å². The third-order valence-corrected chi connectivity index (χ3v) is 6.61. The smallest absolute Gasteiger partial charge is 0.253 e. The minimum atomic E-state index is -0.114. The second-order valence-electron chi connectivity index (χ2n) is 8.96. The van der Waals surface area contributed by atoms with Crippen molar-refractivity contribution >= 4 is 33.9 Å². The fourth-order valence-corrected chi connectivity index (χ4v) is 4.60. The van der Waals surface area contributed by atoms with Gasteiger partial charge in [-0.25, -0.2) is 0 Å². The summed E-state index contributed by atoms with van der Waals surface area (Å²) in [7, 11) is 0. The number of ether oxygens (including phenoxy) is 2. The summed E-state index contributed by atoms with van der Waals surface area (Å²) in [4.78, 5) is 18.1. The van der Waals surface area contributed by atoms with Gasteiger partial charge in [-0.1, -0.05) is 42.0 Å². The van der Waals surface area contributed by atoms with Gasteiger partial charge < -0.3 is 24.7 Å². The molecule has 0 bridgehead atoms. The summed E-state index contributed by atoms with van der Waals surface area (Å²) in [5, 5.41) is 4.92. The van der Waals surface area contributed by atoms with Crippen LogP contribution in [-0.4, -0.2) is 21.8 Å². The van der Waals surface area contributed by atoms with Gasteiger partial charge in [-0.3, -0.25) is 4.79 Å². The monoisotopic (exact) mass is 485 g/mol. The van der Waals surface area contributed by atoms with Crippen LogP contribution in [0.3, 0.4) is 0 Å². The number of para-hydroxylation sites is 1. The van der Waals surface area contributed by atoms with E-state index in [1.54, 1.807) is 0 Å². The number of fused-ring (bicyclic) bond motifs is 2. The minimum Gasteiger partial charge on any atom is -0.454 e. The molecule has 5 rings (SSSR count). The minimum absolute atomic E-state index is 0.114. The lowest BCUT2D eigenvalue weighted by Gasteiger charge is -2.27. The molecular formula is C28H27N3O3S. The number of H-pyrrole nitrogens is 1. The maximum Gasteiger partial charge on any atom is 0.253 e. The largest absolute Gasteiger partial charge is 0.454 e. The highest BCUT2D eigenvalue weighted by Crippen LogP contribution is 2.33. The van der Waals surface area contributed by atoms with E-state index in [0.29, 0.717) is 23.8 Å². The van der Waals surface area contributed by atoms with E-state index in [2.05, 4.69) is 36.3 Å². The molecule has 35 heavy (non-hydrogen) atoms. The van der Waals surface area contributed by atoms with Crippen LogP contribution in [0.15, 0.2) is 65.5 Å². The summed E-state index contributed by atoms with van der Waals surface area (Å²) in [6.07, 6.45) is 0. The molecule has 2 N–H and O–H groups in total. The summed E-state index contributed by atoms with van der Waals surface area (Å²) in [6, 6.07) is 20.0. The normalized spacial score (nSPS) is 12.1. The van der Waals surface area contributed by atoms with E-state index in [-0.39, 0.29) is 12.4 Å². The highest BCUT2D eigenvalue weighted by atomic mass is 32.1. The first-order chi connectivity index (χ1) is 16.9. The Kier molecular flexibility index (Phi) is 6.17. The average Bonchev–Trinajstić information content (AvgIpc) is 3.29. The van der Waals surface area contributed by atoms with Gasteiger partial charge in [0, 0.05) is 17.8 Å². The third-order valence-electron chi connectivity index (χ3n) is 6.25. The number of aromatic amines is 1. The van der Waals surface area contributed by atoms with Gasteiger partial charge >= 0.3 is 0 Å². The van der Waals surface area contributed by atoms with Crippen molar-refractivity contribution in [3.63, 3.8) is 0 Å². The fourth-order valence-electron chi connectivity index (χ4n) is 4.36. The standard InChI is InChI=1S/C28H27N3O3S/c1-17-7-9-23(19(3)11-17)29-28(35)31(14-20-8-10-24-25(12-20)34-16-33-24)15-22-13-21-6-4-5-18(2)26(21)30-27(22)32/h4-13H,14-16H2,1-3H3,(H,29,35)(H,30,32). The van der Waals surface area contributed by atoms with Crippen molar-refractivity contribution in [2.45, 2.75) is 33.9 Å². The van der Waals surface area contributed by atoms with Crippen molar-refractivity contribution in [3.8, 4) is 11.5 Å². The molecule has 6 nitrogen and oxygen atoms in total. The second kappa shape index (κ2) is 9.43. The Balaban J connectivity index is 1.47. The van der Waals surface area contributed by atoms with E-state index in [9.17, 15) is 4.79 Å². The van der Waals surface area contributed by atoms with E-state index in [0.717, 1.165) is 44.8 Å². The molecule has 0 atom stereocenters. The molecule has 2 heterocycles. The van der Waals surface area contributed by atoms with Crippen molar-refractivity contribution in [2.75, 3.05) is 12.1 Å². The number of rotatable bonds is 5. The number of benzene rings is 3. The molecule has 3 aromatic carbocycles. The van der Waals surface area contributed by atoms with Gasteiger partial charge in [0.15, 0.2) is 16.6 Å². The predicted molar refractivity (Wildman–Crippen MR) is 143 cm³/mol. The van der Waals surface area contributed by atoms with Crippen molar-refractivity contribution < 1.29 is 9.47 Å². The summed E-state index contributed by atoms with van der Waals surface area (Å²) in [5.74, 6) is 1.45. The molecule has 0 unspecified atom stereocenters. The average molecular weight is 486 g/mol. The zero-order valence-corrected chi connectivity index (χ0v) is 20.8. The highest BCUT2D eigenvalue weighted by molar-refractivity contribution is 7.80. The van der Waals surface area contributed by atoms with Crippen LogP contribution in [0, 0.1) is 20.8 Å². The van der Waals surface area contributed by atoms with Gasteiger partial charge in [-0.2, -0.15) is 0 Å². The van der Waals surface area contributed by atoms with Gasteiger partial charge in [0.2, 0.25) is 6.79 Å². The first kappa shape index (κ1) is 22.9. The molecule has 7 heteroatoms. The summed E-state index contributed by atoms with van der Waals surface area (Å²) in [5.41, 5.74) is 6.68. The molecule has 0 fully saturated rings. The van der Waals surface area contributed by atoms with Gasteiger partial charge in [0.05, 0.1) is 12.1 Å². The van der Waals surface area contributed by atoms with Crippen molar-refractivity contribution in [2.24, 2.45) is 0 Å². The topological polar surface area (TPSA) is 66.6 Å². The van der Waals surface area contributed by atoms with Crippen molar-refractivity contribution in [1.82, 2.24) is 9.88 Å². The maximum atomic E-state index is 13.0. The Labute approximate surface area is 209 Å². The third kappa shape index (κ3) is 4.86. The summed E-state index contributed by atoms with van der Waals surface area (Å²) >= 11 is 5.85. The van der Waals surface area contributed by atoms with Crippen LogP contribution >= 0.6 is 12.2 Å². The van der Waals surface area contributed by atoms with E-state index in [1.807, 2.05) is 60.4 Å². The highest BCUT2D eigenvalue weighted by Gasteiger charge is 2.18. The molecule has 1 aliphatic heterocycles. The van der Waals surface area contributed by atoms with Crippen LogP contribution in [0.5, 0.6) is 11.5 Å². The molecule has 1 aliphatic rings. The van der Waals surface area contributed by atoms with E-state index in [4.69, 9.17) is 21.7 Å². The van der Waals surface area contributed by atoms with E-state index in [1.165, 1.54) is 5.56 Å². The van der Waals surface area contributed by atoms with Gasteiger partial charge in [0.1, 0.15) is 0 Å². The number of aromatic nitrogens is 1. The number of thiocarbonyl (C=S) groups is 1. The molecule has 4 aromatic rings. The van der Waals surface area contributed by atoms with Crippen LogP contribution < -0.4 is 20.3 Å². The zero-order valence-electron chi connectivity index (χ0n) is 20.0. The number of hydrogen-bond donors (Lipinski definition) is 2. The molecule has 0 saturated heterocycles. The summed E-state index contributed by atoms with van der Waals surface area (Å²) < 4.78 is 11.0. The van der Waals surface area contributed by atoms with Crippen LogP contribution in [-0.2, 0) is 13.1 Å².